The number of fused-ring (bicyclic) bond motifs is 12. The van der Waals surface area contributed by atoms with Crippen LogP contribution in [0.1, 0.15) is 96.9 Å². The highest BCUT2D eigenvalue weighted by atomic mass is 28.3. The van der Waals surface area contributed by atoms with E-state index in [9.17, 15) is 0 Å². The van der Waals surface area contributed by atoms with Crippen LogP contribution in [0.25, 0.3) is 82.9 Å². The van der Waals surface area contributed by atoms with E-state index in [-0.39, 0.29) is 16.7 Å². The summed E-state index contributed by atoms with van der Waals surface area (Å²) in [5.74, 6) is 0.600. The minimum Gasteiger partial charge on any atom is -0.0836 e. The monoisotopic (exact) mass is 966 g/mol. The highest BCUT2D eigenvalue weighted by molar-refractivity contribution is 6.93. The van der Waals surface area contributed by atoms with E-state index in [1.165, 1.54) is 127 Å². The molecule has 5 aliphatic carbocycles. The second-order valence-electron chi connectivity index (χ2n) is 24.1. The molecule has 1 heteroatoms. The number of allylic oxidation sites excluding steroid dienone is 9. The quantitative estimate of drug-likeness (QED) is 0.122. The van der Waals surface area contributed by atoms with Crippen LogP contribution in [0.4, 0.5) is 0 Å². The molecule has 3 unspecified atom stereocenters. The second kappa shape index (κ2) is 15.8. The summed E-state index contributed by atoms with van der Waals surface area (Å²) < 4.78 is 0. The van der Waals surface area contributed by atoms with Crippen molar-refractivity contribution in [2.75, 3.05) is 0 Å². The van der Waals surface area contributed by atoms with Crippen molar-refractivity contribution >= 4 is 51.7 Å². The van der Waals surface area contributed by atoms with Crippen molar-refractivity contribution < 1.29 is 0 Å². The molecule has 0 bridgehead atoms. The fraction of sp³-hybridized carbons (Fsp3) is 0.205. The van der Waals surface area contributed by atoms with Gasteiger partial charge in [-0.3, -0.25) is 0 Å². The zero-order chi connectivity index (χ0) is 49.8. The van der Waals surface area contributed by atoms with E-state index in [1.807, 2.05) is 0 Å². The van der Waals surface area contributed by atoms with E-state index in [4.69, 9.17) is 0 Å². The number of rotatable bonds is 4. The molecule has 9 aromatic rings. The summed E-state index contributed by atoms with van der Waals surface area (Å²) in [5, 5.41) is 9.90. The molecule has 9 aromatic carbocycles. The minimum absolute atomic E-state index is 0.110. The first-order chi connectivity index (χ1) is 36.0. The van der Waals surface area contributed by atoms with E-state index >= 15 is 0 Å². The highest BCUT2D eigenvalue weighted by Crippen LogP contribution is 2.56. The molecule has 0 fully saturated rings. The van der Waals surface area contributed by atoms with Crippen LogP contribution < -0.4 is 5.19 Å². The van der Waals surface area contributed by atoms with Gasteiger partial charge in [0.05, 0.1) is 8.07 Å². The van der Waals surface area contributed by atoms with Crippen LogP contribution in [0.3, 0.4) is 0 Å². The Morgan fingerprint density at radius 1 is 0.541 bits per heavy atom. The average Bonchev–Trinajstić information content (AvgIpc) is 3.81. The third-order valence-corrected chi connectivity index (χ3v) is 23.3. The van der Waals surface area contributed by atoms with Gasteiger partial charge >= 0.3 is 0 Å². The average molecular weight is 967 g/mol. The minimum atomic E-state index is -1.95. The Kier molecular flexibility index (Phi) is 9.46. The van der Waals surface area contributed by atoms with Gasteiger partial charge in [0, 0.05) is 22.7 Å². The van der Waals surface area contributed by atoms with Gasteiger partial charge in [0.15, 0.2) is 0 Å². The Labute approximate surface area is 438 Å². The Morgan fingerprint density at radius 3 is 2.08 bits per heavy atom. The molecular formula is C73H62Si. The Morgan fingerprint density at radius 2 is 1.23 bits per heavy atom. The van der Waals surface area contributed by atoms with Crippen molar-refractivity contribution in [1.82, 2.24) is 0 Å². The molecular weight excluding hydrogens is 905 g/mol. The van der Waals surface area contributed by atoms with Crippen LogP contribution >= 0.6 is 0 Å². The molecule has 74 heavy (non-hydrogen) atoms. The molecule has 0 nitrogen and oxygen atoms in total. The zero-order valence-corrected chi connectivity index (χ0v) is 44.6. The summed E-state index contributed by atoms with van der Waals surface area (Å²) in [6, 6.07) is 59.4. The third-order valence-electron chi connectivity index (χ3n) is 19.2. The molecule has 1 aliphatic heterocycles. The van der Waals surface area contributed by atoms with Crippen LogP contribution in [0.15, 0.2) is 205 Å². The van der Waals surface area contributed by atoms with Crippen molar-refractivity contribution in [3.63, 3.8) is 0 Å². The number of benzene rings is 9. The second-order valence-corrected chi connectivity index (χ2v) is 28.8. The standard InChI is InChI=1S/C73H62Si/c1-72(2)62-29-17-10-22-45(62)38-46-32-33-48(40-64(46)72)71-59-39-47(69-55-27-13-11-25-53(55)68(44-20-8-7-9-21-44)54-26-12-14-28-56(54)69)35-37-57(59)70(49-34-36-51-50-23-15-18-30-63(50)73(3,4)65(51)41-49)60-42-58-52-24-16-19-31-66(52)74(5,6)67(58)43-61(60)71/h7-13,15-27,29-32,34-37,39-43,48,52,66H,14,28,33,38H2,1-6H3. The topological polar surface area (TPSA) is 0 Å². The van der Waals surface area contributed by atoms with E-state index in [1.54, 1.807) is 10.8 Å². The smallest absolute Gasteiger partial charge is 0.0836 e. The van der Waals surface area contributed by atoms with Gasteiger partial charge in [-0.05, 0) is 176 Å². The zero-order valence-electron chi connectivity index (χ0n) is 43.6. The number of hydrogen-bond donors (Lipinski definition) is 0. The van der Waals surface area contributed by atoms with Gasteiger partial charge in [-0.25, -0.2) is 0 Å². The van der Waals surface area contributed by atoms with Gasteiger partial charge in [0.25, 0.3) is 0 Å². The fourth-order valence-corrected chi connectivity index (χ4v) is 19.3. The lowest BCUT2D eigenvalue weighted by Gasteiger charge is -2.40. The molecule has 0 saturated carbocycles. The van der Waals surface area contributed by atoms with Crippen LogP contribution in [-0.4, -0.2) is 8.07 Å². The predicted molar refractivity (Wildman–Crippen MR) is 319 cm³/mol. The first kappa shape index (κ1) is 44.2. The molecule has 358 valence electrons. The molecule has 0 amide bonds. The van der Waals surface area contributed by atoms with E-state index in [0.717, 1.165) is 25.7 Å². The largest absolute Gasteiger partial charge is 0.0887 e. The van der Waals surface area contributed by atoms with Crippen LogP contribution in [0, 0.1) is 0 Å². The Hall–Kier alpha value is -7.32. The van der Waals surface area contributed by atoms with E-state index in [2.05, 4.69) is 241 Å². The molecule has 0 spiro atoms. The summed E-state index contributed by atoms with van der Waals surface area (Å²) in [6.45, 7) is 15.1. The van der Waals surface area contributed by atoms with Crippen LogP contribution in [0.2, 0.25) is 18.6 Å². The predicted octanol–water partition coefficient (Wildman–Crippen LogP) is 18.8. The van der Waals surface area contributed by atoms with Crippen LogP contribution in [0.5, 0.6) is 0 Å². The van der Waals surface area contributed by atoms with Gasteiger partial charge in [-0.15, -0.1) is 0 Å². The molecule has 0 saturated heterocycles. The van der Waals surface area contributed by atoms with Gasteiger partial charge in [-0.2, -0.15) is 0 Å². The Balaban J connectivity index is 1.07. The first-order valence-corrected chi connectivity index (χ1v) is 30.5. The maximum Gasteiger partial charge on any atom is 0.0887 e. The van der Waals surface area contributed by atoms with Gasteiger partial charge < -0.3 is 0 Å². The molecule has 15 rings (SSSR count). The van der Waals surface area contributed by atoms with Crippen LogP contribution in [-0.2, 0) is 23.7 Å². The SMILES string of the molecule is CC1(C)C2=CC(c3c4cc(-c5c6c(c(-c7ccccc7)c7ccccc57)C=CCC6)ccc4c(-c4ccc5c(c4)C(C)(C)c4ccccc4-5)c4cc5c(cc34)[Si](C)(C)C3C=CC=CC53)CC=C2Cc2ccccc21. The van der Waals surface area contributed by atoms with Gasteiger partial charge in [-0.1, -0.05) is 234 Å². The van der Waals surface area contributed by atoms with Gasteiger partial charge in [0.2, 0.25) is 0 Å². The summed E-state index contributed by atoms with van der Waals surface area (Å²) in [6.07, 6.45) is 24.0. The maximum absolute atomic E-state index is 2.77. The number of hydrogen-bond acceptors (Lipinski definition) is 0. The lowest BCUT2D eigenvalue weighted by atomic mass is 9.64. The summed E-state index contributed by atoms with van der Waals surface area (Å²) in [5.41, 5.74) is 25.8. The van der Waals surface area contributed by atoms with Crippen molar-refractivity contribution in [2.45, 2.75) is 94.7 Å². The highest BCUT2D eigenvalue weighted by Gasteiger charge is 2.47. The van der Waals surface area contributed by atoms with Crippen molar-refractivity contribution in [3.8, 4) is 44.5 Å². The summed E-state index contributed by atoms with van der Waals surface area (Å²) in [4.78, 5) is 0. The molecule has 6 aliphatic rings. The van der Waals surface area contributed by atoms with Crippen molar-refractivity contribution in [2.24, 2.45) is 0 Å². The maximum atomic E-state index is 2.77. The lowest BCUT2D eigenvalue weighted by molar-refractivity contribution is 0.585. The lowest BCUT2D eigenvalue weighted by Crippen LogP contribution is -2.41. The Bertz CT molecular complexity index is 4100. The normalized spacial score (nSPS) is 20.8. The summed E-state index contributed by atoms with van der Waals surface area (Å²) in [7, 11) is -1.95. The molecule has 1 heterocycles. The van der Waals surface area contributed by atoms with Crippen molar-refractivity contribution in [1.29, 1.82) is 0 Å². The molecule has 0 radical (unpaired) electrons. The molecule has 3 atom stereocenters. The van der Waals surface area contributed by atoms with E-state index < -0.39 is 8.07 Å². The third kappa shape index (κ3) is 6.14. The summed E-state index contributed by atoms with van der Waals surface area (Å²) >= 11 is 0. The van der Waals surface area contributed by atoms with E-state index in [0.29, 0.717) is 11.5 Å². The molecule has 0 N–H and O–H groups in total. The van der Waals surface area contributed by atoms with Crippen molar-refractivity contribution in [3.05, 3.63) is 250 Å². The first-order valence-electron chi connectivity index (χ1n) is 27.5. The fourth-order valence-electron chi connectivity index (χ4n) is 15.7. The van der Waals surface area contributed by atoms with Gasteiger partial charge in [0.1, 0.15) is 0 Å². The molecule has 0 aromatic heterocycles.